The van der Waals surface area contributed by atoms with Crippen LogP contribution in [0.5, 0.6) is 0 Å². The molecule has 98 valence electrons. The smallest absolute Gasteiger partial charge is 0.191 e. The number of nitrogens with one attached hydrogen (secondary N) is 2. The third-order valence-corrected chi connectivity index (χ3v) is 3.48. The molecule has 0 radical (unpaired) electrons. The Morgan fingerprint density at radius 2 is 1.94 bits per heavy atom. The Labute approximate surface area is 110 Å². The summed E-state index contributed by atoms with van der Waals surface area (Å²) in [6.07, 6.45) is 2.53. The highest BCUT2D eigenvalue weighted by Crippen LogP contribution is 2.47. The predicted octanol–water partition coefficient (Wildman–Crippen LogP) is 2.29. The van der Waals surface area contributed by atoms with Gasteiger partial charge >= 0.3 is 0 Å². The molecule has 0 amide bonds. The van der Waals surface area contributed by atoms with E-state index < -0.39 is 0 Å². The normalized spacial score (nSPS) is 17.7. The molecule has 1 saturated carbocycles. The zero-order valence-corrected chi connectivity index (χ0v) is 11.5. The molecule has 0 aromatic heterocycles. The monoisotopic (exact) mass is 245 g/mol. The fraction of sp³-hybridized carbons (Fsp3) is 0.533. The SMILES string of the molecule is CN=C(NCC1(c2ccccc2)CC1)NC(C)C. The summed E-state index contributed by atoms with van der Waals surface area (Å²) in [5.41, 5.74) is 1.77. The molecular formula is C15H23N3. The number of hydrogen-bond donors (Lipinski definition) is 2. The maximum atomic E-state index is 4.25. The van der Waals surface area contributed by atoms with Crippen LogP contribution >= 0.6 is 0 Å². The number of guanidine groups is 1. The Morgan fingerprint density at radius 3 is 2.44 bits per heavy atom. The lowest BCUT2D eigenvalue weighted by molar-refractivity contribution is 0.630. The van der Waals surface area contributed by atoms with Crippen molar-refractivity contribution in [2.75, 3.05) is 13.6 Å². The molecule has 0 saturated heterocycles. The van der Waals surface area contributed by atoms with Crippen molar-refractivity contribution < 1.29 is 0 Å². The molecule has 0 spiro atoms. The van der Waals surface area contributed by atoms with Gasteiger partial charge in [0.15, 0.2) is 5.96 Å². The second kappa shape index (κ2) is 5.42. The zero-order valence-electron chi connectivity index (χ0n) is 11.5. The summed E-state index contributed by atoms with van der Waals surface area (Å²) >= 11 is 0. The molecule has 0 unspecified atom stereocenters. The zero-order chi connectivity index (χ0) is 13.0. The van der Waals surface area contributed by atoms with Crippen LogP contribution in [0.3, 0.4) is 0 Å². The second-order valence-corrected chi connectivity index (χ2v) is 5.37. The molecule has 1 aromatic carbocycles. The number of aliphatic imine (C=N–C) groups is 1. The van der Waals surface area contributed by atoms with Gasteiger partial charge in [-0.1, -0.05) is 30.3 Å². The van der Waals surface area contributed by atoms with Crippen LogP contribution in [0.2, 0.25) is 0 Å². The quantitative estimate of drug-likeness (QED) is 0.631. The van der Waals surface area contributed by atoms with Crippen molar-refractivity contribution in [3.8, 4) is 0 Å². The molecule has 0 atom stereocenters. The minimum atomic E-state index is 0.329. The van der Waals surface area contributed by atoms with Crippen LogP contribution in [-0.2, 0) is 5.41 Å². The van der Waals surface area contributed by atoms with Crippen LogP contribution in [0.25, 0.3) is 0 Å². The van der Waals surface area contributed by atoms with E-state index in [-0.39, 0.29) is 0 Å². The van der Waals surface area contributed by atoms with Crippen LogP contribution in [0.1, 0.15) is 32.3 Å². The first kappa shape index (κ1) is 12.9. The Kier molecular flexibility index (Phi) is 3.90. The minimum Gasteiger partial charge on any atom is -0.356 e. The second-order valence-electron chi connectivity index (χ2n) is 5.37. The molecule has 1 aromatic rings. The predicted molar refractivity (Wildman–Crippen MR) is 77.0 cm³/mol. The van der Waals surface area contributed by atoms with Gasteiger partial charge in [0, 0.05) is 25.0 Å². The summed E-state index contributed by atoms with van der Waals surface area (Å²) in [4.78, 5) is 4.25. The van der Waals surface area contributed by atoms with Gasteiger partial charge in [-0.15, -0.1) is 0 Å². The first-order chi connectivity index (χ1) is 8.66. The highest BCUT2D eigenvalue weighted by atomic mass is 15.2. The van der Waals surface area contributed by atoms with Gasteiger partial charge < -0.3 is 10.6 Å². The summed E-state index contributed by atoms with van der Waals surface area (Å²) in [5, 5.41) is 6.76. The summed E-state index contributed by atoms with van der Waals surface area (Å²) in [5.74, 6) is 0.896. The van der Waals surface area contributed by atoms with Crippen LogP contribution in [-0.4, -0.2) is 25.6 Å². The molecule has 2 rings (SSSR count). The van der Waals surface area contributed by atoms with E-state index in [4.69, 9.17) is 0 Å². The summed E-state index contributed by atoms with van der Waals surface area (Å²) in [7, 11) is 1.82. The Balaban J connectivity index is 1.94. The Morgan fingerprint density at radius 1 is 1.28 bits per heavy atom. The van der Waals surface area contributed by atoms with Gasteiger partial charge in [0.1, 0.15) is 0 Å². The fourth-order valence-electron chi connectivity index (χ4n) is 2.23. The van der Waals surface area contributed by atoms with Crippen molar-refractivity contribution in [3.63, 3.8) is 0 Å². The lowest BCUT2D eigenvalue weighted by atomic mass is 9.96. The Hall–Kier alpha value is -1.51. The number of hydrogen-bond acceptors (Lipinski definition) is 1. The molecule has 1 fully saturated rings. The van der Waals surface area contributed by atoms with E-state index in [1.807, 2.05) is 7.05 Å². The molecule has 0 aliphatic heterocycles. The average Bonchev–Trinajstić information content (AvgIpc) is 3.16. The van der Waals surface area contributed by atoms with E-state index in [2.05, 4.69) is 59.8 Å². The minimum absolute atomic E-state index is 0.329. The summed E-state index contributed by atoms with van der Waals surface area (Å²) in [6, 6.07) is 11.2. The first-order valence-electron chi connectivity index (χ1n) is 6.69. The molecule has 3 heteroatoms. The van der Waals surface area contributed by atoms with Crippen molar-refractivity contribution in [2.45, 2.75) is 38.1 Å². The highest BCUT2D eigenvalue weighted by Gasteiger charge is 2.43. The first-order valence-corrected chi connectivity index (χ1v) is 6.69. The largest absolute Gasteiger partial charge is 0.356 e. The molecule has 0 heterocycles. The molecule has 1 aliphatic carbocycles. The van der Waals surface area contributed by atoms with Crippen molar-refractivity contribution in [1.82, 2.24) is 10.6 Å². The third-order valence-electron chi connectivity index (χ3n) is 3.48. The van der Waals surface area contributed by atoms with E-state index in [1.165, 1.54) is 18.4 Å². The van der Waals surface area contributed by atoms with Gasteiger partial charge in [-0.25, -0.2) is 0 Å². The average molecular weight is 245 g/mol. The lowest BCUT2D eigenvalue weighted by Gasteiger charge is -2.20. The van der Waals surface area contributed by atoms with Gasteiger partial charge in [-0.2, -0.15) is 0 Å². The summed E-state index contributed by atoms with van der Waals surface area (Å²) in [6.45, 7) is 5.21. The molecule has 0 bridgehead atoms. The standard InChI is InChI=1S/C15H23N3/c1-12(2)18-14(16-3)17-11-15(9-10-15)13-7-5-4-6-8-13/h4-8,12H,9-11H2,1-3H3,(H2,16,17,18). The van der Waals surface area contributed by atoms with Crippen molar-refractivity contribution in [1.29, 1.82) is 0 Å². The van der Waals surface area contributed by atoms with Gasteiger partial charge in [0.2, 0.25) is 0 Å². The number of benzene rings is 1. The van der Waals surface area contributed by atoms with E-state index in [1.54, 1.807) is 0 Å². The maximum Gasteiger partial charge on any atom is 0.191 e. The van der Waals surface area contributed by atoms with Gasteiger partial charge in [0.05, 0.1) is 0 Å². The van der Waals surface area contributed by atoms with Gasteiger partial charge in [0.25, 0.3) is 0 Å². The molecular weight excluding hydrogens is 222 g/mol. The molecule has 1 aliphatic rings. The maximum absolute atomic E-state index is 4.25. The third kappa shape index (κ3) is 3.03. The van der Waals surface area contributed by atoms with Gasteiger partial charge in [-0.05, 0) is 32.3 Å². The molecule has 3 nitrogen and oxygen atoms in total. The molecule has 18 heavy (non-hydrogen) atoms. The topological polar surface area (TPSA) is 36.4 Å². The van der Waals surface area contributed by atoms with Crippen molar-refractivity contribution >= 4 is 5.96 Å². The van der Waals surface area contributed by atoms with E-state index in [0.717, 1.165) is 12.5 Å². The number of nitrogens with zero attached hydrogens (tertiary/aromatic N) is 1. The highest BCUT2D eigenvalue weighted by molar-refractivity contribution is 5.80. The van der Waals surface area contributed by atoms with E-state index in [0.29, 0.717) is 11.5 Å². The van der Waals surface area contributed by atoms with Crippen molar-refractivity contribution in [2.24, 2.45) is 4.99 Å². The van der Waals surface area contributed by atoms with Crippen molar-refractivity contribution in [3.05, 3.63) is 35.9 Å². The van der Waals surface area contributed by atoms with Gasteiger partial charge in [-0.3, -0.25) is 4.99 Å². The summed E-state index contributed by atoms with van der Waals surface area (Å²) < 4.78 is 0. The van der Waals surface area contributed by atoms with E-state index >= 15 is 0 Å². The van der Waals surface area contributed by atoms with Crippen LogP contribution in [0.4, 0.5) is 0 Å². The molecule has 2 N–H and O–H groups in total. The van der Waals surface area contributed by atoms with Crippen LogP contribution < -0.4 is 10.6 Å². The van der Waals surface area contributed by atoms with Crippen LogP contribution in [0, 0.1) is 0 Å². The fourth-order valence-corrected chi connectivity index (χ4v) is 2.23. The van der Waals surface area contributed by atoms with Crippen LogP contribution in [0.15, 0.2) is 35.3 Å². The van der Waals surface area contributed by atoms with E-state index in [9.17, 15) is 0 Å². The number of rotatable bonds is 4. The Bertz CT molecular complexity index is 405. The lowest BCUT2D eigenvalue weighted by Crippen LogP contribution is -2.43.